The second kappa shape index (κ2) is 11.3. The molecule has 0 bridgehead atoms. The van der Waals surface area contributed by atoms with Crippen molar-refractivity contribution < 1.29 is 19.1 Å². The lowest BCUT2D eigenvalue weighted by atomic mass is 10.1. The molecule has 1 heterocycles. The Morgan fingerprint density at radius 2 is 1.68 bits per heavy atom. The predicted molar refractivity (Wildman–Crippen MR) is 85.7 cm³/mol. The van der Waals surface area contributed by atoms with Crippen LogP contribution in [0.4, 0.5) is 4.79 Å². The molecule has 0 spiro atoms. The van der Waals surface area contributed by atoms with E-state index in [1.165, 1.54) is 30.6 Å². The van der Waals surface area contributed by atoms with Crippen LogP contribution >= 0.6 is 0 Å². The van der Waals surface area contributed by atoms with Gasteiger partial charge in [0, 0.05) is 6.54 Å². The monoisotopic (exact) mass is 313 g/mol. The molecule has 1 rings (SSSR count). The molecule has 5 nitrogen and oxygen atoms in total. The van der Waals surface area contributed by atoms with Crippen LogP contribution in [0.5, 0.6) is 0 Å². The van der Waals surface area contributed by atoms with Gasteiger partial charge in [-0.3, -0.25) is 4.90 Å². The number of hydrogen-bond donors (Lipinski definition) is 0. The van der Waals surface area contributed by atoms with E-state index in [2.05, 4.69) is 6.92 Å². The normalized spacial score (nSPS) is 17.5. The van der Waals surface area contributed by atoms with Gasteiger partial charge in [-0.2, -0.15) is 0 Å². The van der Waals surface area contributed by atoms with Gasteiger partial charge in [0.25, 0.3) is 0 Å². The maximum Gasteiger partial charge on any atom is 0.410 e. The molecule has 0 radical (unpaired) electrons. The number of nitrogens with zero attached hydrogens (tertiary/aromatic N) is 1. The lowest BCUT2D eigenvalue weighted by Gasteiger charge is -2.22. The lowest BCUT2D eigenvalue weighted by molar-refractivity contribution is -0.148. The van der Waals surface area contributed by atoms with Crippen molar-refractivity contribution in [2.24, 2.45) is 0 Å². The van der Waals surface area contributed by atoms with Crippen LogP contribution in [-0.2, 0) is 14.3 Å². The molecular weight excluding hydrogens is 282 g/mol. The van der Waals surface area contributed by atoms with Gasteiger partial charge in [-0.15, -0.1) is 0 Å². The van der Waals surface area contributed by atoms with Gasteiger partial charge in [-0.25, -0.2) is 9.59 Å². The summed E-state index contributed by atoms with van der Waals surface area (Å²) in [6.07, 6.45) is 8.87. The lowest BCUT2D eigenvalue weighted by Crippen LogP contribution is -2.41. The fourth-order valence-corrected chi connectivity index (χ4v) is 2.65. The fraction of sp³-hybridized carbons (Fsp3) is 0.882. The minimum atomic E-state index is -0.454. The van der Waals surface area contributed by atoms with Crippen molar-refractivity contribution in [1.29, 1.82) is 0 Å². The van der Waals surface area contributed by atoms with Gasteiger partial charge in [0.05, 0.1) is 13.2 Å². The number of esters is 1. The topological polar surface area (TPSA) is 55.8 Å². The minimum absolute atomic E-state index is 0.278. The maximum absolute atomic E-state index is 12.1. The maximum atomic E-state index is 12.1. The Balaban J connectivity index is 2.21. The first-order valence-corrected chi connectivity index (χ1v) is 8.80. The van der Waals surface area contributed by atoms with Crippen molar-refractivity contribution in [3.63, 3.8) is 0 Å². The average molecular weight is 313 g/mol. The molecule has 1 unspecified atom stereocenters. The highest BCUT2D eigenvalue weighted by atomic mass is 16.6. The van der Waals surface area contributed by atoms with E-state index in [-0.39, 0.29) is 12.1 Å². The van der Waals surface area contributed by atoms with Crippen molar-refractivity contribution in [2.45, 2.75) is 77.7 Å². The van der Waals surface area contributed by atoms with Gasteiger partial charge in [0.1, 0.15) is 6.04 Å². The summed E-state index contributed by atoms with van der Waals surface area (Å²) >= 11 is 0. The second-order valence-corrected chi connectivity index (χ2v) is 5.90. The SMILES string of the molecule is CCCCCCCCOC(=O)C1CCCN1C(=O)OCCC. The largest absolute Gasteiger partial charge is 0.464 e. The van der Waals surface area contributed by atoms with Crippen LogP contribution in [0.15, 0.2) is 0 Å². The molecule has 1 amide bonds. The van der Waals surface area contributed by atoms with Crippen LogP contribution in [0.1, 0.15) is 71.6 Å². The Labute approximate surface area is 134 Å². The third-order valence-electron chi connectivity index (χ3n) is 3.93. The zero-order valence-electron chi connectivity index (χ0n) is 14.1. The van der Waals surface area contributed by atoms with Crippen molar-refractivity contribution >= 4 is 12.1 Å². The molecule has 0 aliphatic carbocycles. The van der Waals surface area contributed by atoms with Gasteiger partial charge >= 0.3 is 12.1 Å². The average Bonchev–Trinajstić information content (AvgIpc) is 3.01. The molecule has 1 saturated heterocycles. The highest BCUT2D eigenvalue weighted by Gasteiger charge is 2.36. The number of rotatable bonds is 10. The zero-order valence-corrected chi connectivity index (χ0v) is 14.1. The predicted octanol–water partition coefficient (Wildman–Crippen LogP) is 3.90. The summed E-state index contributed by atoms with van der Waals surface area (Å²) in [4.78, 5) is 25.5. The Bertz CT molecular complexity index is 333. The van der Waals surface area contributed by atoms with E-state index in [4.69, 9.17) is 9.47 Å². The van der Waals surface area contributed by atoms with Gasteiger partial charge in [0.15, 0.2) is 0 Å². The molecule has 5 heteroatoms. The molecule has 0 N–H and O–H groups in total. The summed E-state index contributed by atoms with van der Waals surface area (Å²) in [6, 6.07) is -0.454. The first kappa shape index (κ1) is 18.8. The molecule has 0 aromatic heterocycles. The van der Waals surface area contributed by atoms with Crippen LogP contribution in [0, 0.1) is 0 Å². The Kier molecular flexibility index (Phi) is 9.67. The van der Waals surface area contributed by atoms with E-state index < -0.39 is 6.04 Å². The summed E-state index contributed by atoms with van der Waals surface area (Å²) in [6.45, 7) is 5.58. The van der Waals surface area contributed by atoms with Crippen molar-refractivity contribution in [3.8, 4) is 0 Å². The number of ether oxygens (including phenoxy) is 2. The smallest absolute Gasteiger partial charge is 0.410 e. The molecule has 0 aromatic rings. The highest BCUT2D eigenvalue weighted by Crippen LogP contribution is 2.20. The number of likely N-dealkylation sites (tertiary alicyclic amines) is 1. The first-order chi connectivity index (χ1) is 10.7. The quantitative estimate of drug-likeness (QED) is 0.453. The number of amides is 1. The summed E-state index contributed by atoms with van der Waals surface area (Å²) in [5.74, 6) is -0.278. The summed E-state index contributed by atoms with van der Waals surface area (Å²) in [5, 5.41) is 0. The molecule has 0 saturated carbocycles. The second-order valence-electron chi connectivity index (χ2n) is 5.90. The molecule has 1 aliphatic rings. The third kappa shape index (κ3) is 6.67. The van der Waals surface area contributed by atoms with Gasteiger partial charge in [-0.05, 0) is 25.7 Å². The number of carbonyl (C=O) groups excluding carboxylic acids is 2. The van der Waals surface area contributed by atoms with E-state index in [9.17, 15) is 9.59 Å². The standard InChI is InChI=1S/C17H31NO4/c1-3-5-6-7-8-9-14-21-16(19)15-11-10-12-18(15)17(20)22-13-4-2/h15H,3-14H2,1-2H3. The van der Waals surface area contributed by atoms with E-state index in [0.717, 1.165) is 25.7 Å². The highest BCUT2D eigenvalue weighted by molar-refractivity contribution is 5.82. The van der Waals surface area contributed by atoms with Crippen LogP contribution in [0.3, 0.4) is 0 Å². The van der Waals surface area contributed by atoms with E-state index in [1.807, 2.05) is 6.92 Å². The number of hydrogen-bond acceptors (Lipinski definition) is 4. The van der Waals surface area contributed by atoms with E-state index >= 15 is 0 Å². The third-order valence-corrected chi connectivity index (χ3v) is 3.93. The zero-order chi connectivity index (χ0) is 16.2. The molecule has 1 atom stereocenters. The van der Waals surface area contributed by atoms with Gasteiger partial charge in [-0.1, -0.05) is 46.0 Å². The van der Waals surface area contributed by atoms with Crippen LogP contribution in [0.25, 0.3) is 0 Å². The van der Waals surface area contributed by atoms with Crippen molar-refractivity contribution in [1.82, 2.24) is 4.90 Å². The van der Waals surface area contributed by atoms with Gasteiger partial charge < -0.3 is 9.47 Å². The van der Waals surface area contributed by atoms with Crippen molar-refractivity contribution in [2.75, 3.05) is 19.8 Å². The van der Waals surface area contributed by atoms with Gasteiger partial charge in [0.2, 0.25) is 0 Å². The Hall–Kier alpha value is -1.26. The Morgan fingerprint density at radius 1 is 0.955 bits per heavy atom. The fourth-order valence-electron chi connectivity index (χ4n) is 2.65. The Morgan fingerprint density at radius 3 is 2.41 bits per heavy atom. The summed E-state index contributed by atoms with van der Waals surface area (Å²) in [5.41, 5.74) is 0. The molecule has 1 aliphatic heterocycles. The molecular formula is C17H31NO4. The molecule has 22 heavy (non-hydrogen) atoms. The van der Waals surface area contributed by atoms with Crippen LogP contribution in [0.2, 0.25) is 0 Å². The number of carbonyl (C=O) groups is 2. The van der Waals surface area contributed by atoms with Crippen LogP contribution < -0.4 is 0 Å². The molecule has 0 aromatic carbocycles. The first-order valence-electron chi connectivity index (χ1n) is 8.80. The van der Waals surface area contributed by atoms with E-state index in [0.29, 0.717) is 26.2 Å². The number of unbranched alkanes of at least 4 members (excludes halogenated alkanes) is 5. The summed E-state index contributed by atoms with van der Waals surface area (Å²) < 4.78 is 10.4. The molecule has 128 valence electrons. The van der Waals surface area contributed by atoms with E-state index in [1.54, 1.807) is 0 Å². The molecule has 1 fully saturated rings. The summed E-state index contributed by atoms with van der Waals surface area (Å²) in [7, 11) is 0. The van der Waals surface area contributed by atoms with Crippen molar-refractivity contribution in [3.05, 3.63) is 0 Å². The van der Waals surface area contributed by atoms with Crippen LogP contribution in [-0.4, -0.2) is 42.8 Å². The minimum Gasteiger partial charge on any atom is -0.464 e.